The van der Waals surface area contributed by atoms with Crippen LogP contribution in [-0.4, -0.2) is 54.9 Å². The van der Waals surface area contributed by atoms with Crippen molar-refractivity contribution in [3.63, 3.8) is 0 Å². The van der Waals surface area contributed by atoms with Crippen molar-refractivity contribution in [1.29, 1.82) is 0 Å². The van der Waals surface area contributed by atoms with Crippen LogP contribution in [0, 0.1) is 0 Å². The number of rotatable bonds is 4. The van der Waals surface area contributed by atoms with Gasteiger partial charge in [0.15, 0.2) is 0 Å². The first-order chi connectivity index (χ1) is 13.0. The first kappa shape index (κ1) is 16.9. The van der Waals surface area contributed by atoms with Crippen molar-refractivity contribution >= 4 is 45.5 Å². The van der Waals surface area contributed by atoms with E-state index in [0.717, 1.165) is 21.3 Å². The van der Waals surface area contributed by atoms with Crippen molar-refractivity contribution in [2.75, 3.05) is 32.6 Å². The fourth-order valence-corrected chi connectivity index (χ4v) is 3.18. The number of imide groups is 1. The van der Waals surface area contributed by atoms with Crippen molar-refractivity contribution < 1.29 is 23.5 Å². The molecular weight excluding hydrogens is 350 g/mol. The van der Waals surface area contributed by atoms with Gasteiger partial charge in [0.1, 0.15) is 30.0 Å². The molecule has 0 unspecified atom stereocenters. The van der Waals surface area contributed by atoms with E-state index in [0.29, 0.717) is 17.0 Å². The Balaban J connectivity index is 1.63. The molecule has 1 aliphatic heterocycles. The topological polar surface area (TPSA) is 92.1 Å². The van der Waals surface area contributed by atoms with E-state index in [4.69, 9.17) is 9.15 Å². The van der Waals surface area contributed by atoms with Gasteiger partial charge in [-0.2, -0.15) is 0 Å². The summed E-state index contributed by atoms with van der Waals surface area (Å²) in [6, 6.07) is 10.6. The Kier molecular flexibility index (Phi) is 3.95. The lowest BCUT2D eigenvalue weighted by Crippen LogP contribution is -2.38. The molecule has 8 heteroatoms. The molecule has 2 aromatic carbocycles. The molecule has 0 spiro atoms. The maximum absolute atomic E-state index is 12.4. The van der Waals surface area contributed by atoms with Crippen LogP contribution in [0.4, 0.5) is 10.5 Å². The highest BCUT2D eigenvalue weighted by atomic mass is 16.5. The van der Waals surface area contributed by atoms with E-state index in [1.165, 1.54) is 19.1 Å². The minimum Gasteiger partial charge on any atom is -0.495 e. The number of urea groups is 1. The van der Waals surface area contributed by atoms with Gasteiger partial charge >= 0.3 is 6.03 Å². The SMILES string of the molecule is COc1cc2c(cc1NC(=O)CN1C(=O)CN(C)C1=O)oc1ccccc12. The van der Waals surface area contributed by atoms with Gasteiger partial charge in [0.25, 0.3) is 5.91 Å². The minimum absolute atomic E-state index is 0.0274. The van der Waals surface area contributed by atoms with E-state index in [9.17, 15) is 14.4 Å². The van der Waals surface area contributed by atoms with Crippen LogP contribution in [0.1, 0.15) is 0 Å². The van der Waals surface area contributed by atoms with E-state index >= 15 is 0 Å². The Bertz CT molecular complexity index is 1090. The van der Waals surface area contributed by atoms with E-state index in [2.05, 4.69) is 5.32 Å². The maximum Gasteiger partial charge on any atom is 0.327 e. The monoisotopic (exact) mass is 367 g/mol. The van der Waals surface area contributed by atoms with Crippen LogP contribution in [0.15, 0.2) is 40.8 Å². The Morgan fingerprint density at radius 2 is 1.96 bits per heavy atom. The van der Waals surface area contributed by atoms with E-state index in [-0.39, 0.29) is 13.1 Å². The van der Waals surface area contributed by atoms with Gasteiger partial charge in [-0.05, 0) is 12.1 Å². The first-order valence-electron chi connectivity index (χ1n) is 8.32. The van der Waals surface area contributed by atoms with Crippen LogP contribution in [0.5, 0.6) is 5.75 Å². The lowest BCUT2D eigenvalue weighted by atomic mass is 10.1. The molecule has 1 aliphatic rings. The van der Waals surface area contributed by atoms with Crippen LogP contribution in [0.2, 0.25) is 0 Å². The molecule has 8 nitrogen and oxygen atoms in total. The van der Waals surface area contributed by atoms with Gasteiger partial charge in [-0.15, -0.1) is 0 Å². The average Bonchev–Trinajstić information content (AvgIpc) is 3.12. The van der Waals surface area contributed by atoms with Gasteiger partial charge < -0.3 is 19.4 Å². The molecule has 2 heterocycles. The average molecular weight is 367 g/mol. The number of nitrogens with one attached hydrogen (secondary N) is 1. The number of hydrogen-bond donors (Lipinski definition) is 1. The number of carbonyl (C=O) groups excluding carboxylic acids is 3. The normalized spacial score (nSPS) is 14.4. The number of amides is 4. The predicted molar refractivity (Wildman–Crippen MR) is 98.6 cm³/mol. The van der Waals surface area contributed by atoms with Gasteiger partial charge in [-0.1, -0.05) is 18.2 Å². The molecule has 4 amide bonds. The fraction of sp³-hybridized carbons (Fsp3) is 0.211. The van der Waals surface area contributed by atoms with Gasteiger partial charge in [0.2, 0.25) is 5.91 Å². The molecule has 1 saturated heterocycles. The van der Waals surface area contributed by atoms with Crippen molar-refractivity contribution in [3.05, 3.63) is 36.4 Å². The molecule has 0 saturated carbocycles. The first-order valence-corrected chi connectivity index (χ1v) is 8.32. The number of para-hydroxylation sites is 1. The Morgan fingerprint density at radius 1 is 1.19 bits per heavy atom. The lowest BCUT2D eigenvalue weighted by molar-refractivity contribution is -0.129. The zero-order valence-electron chi connectivity index (χ0n) is 14.8. The number of benzene rings is 2. The van der Waals surface area contributed by atoms with Crippen molar-refractivity contribution in [1.82, 2.24) is 9.80 Å². The smallest absolute Gasteiger partial charge is 0.327 e. The summed E-state index contributed by atoms with van der Waals surface area (Å²) >= 11 is 0. The quantitative estimate of drug-likeness (QED) is 0.715. The summed E-state index contributed by atoms with van der Waals surface area (Å²) in [4.78, 5) is 38.3. The van der Waals surface area contributed by atoms with Crippen LogP contribution in [0.25, 0.3) is 21.9 Å². The van der Waals surface area contributed by atoms with Gasteiger partial charge in [0, 0.05) is 23.9 Å². The number of hydrogen-bond acceptors (Lipinski definition) is 5. The summed E-state index contributed by atoms with van der Waals surface area (Å²) < 4.78 is 11.2. The van der Waals surface area contributed by atoms with Gasteiger partial charge in [0.05, 0.1) is 12.8 Å². The van der Waals surface area contributed by atoms with Gasteiger partial charge in [-0.3, -0.25) is 14.5 Å². The Hall–Kier alpha value is -3.55. The van der Waals surface area contributed by atoms with E-state index < -0.39 is 17.8 Å². The van der Waals surface area contributed by atoms with Gasteiger partial charge in [-0.25, -0.2) is 4.79 Å². The van der Waals surface area contributed by atoms with Crippen LogP contribution < -0.4 is 10.1 Å². The van der Waals surface area contributed by atoms with E-state index in [1.807, 2.05) is 24.3 Å². The lowest BCUT2D eigenvalue weighted by Gasteiger charge is -2.15. The second-order valence-electron chi connectivity index (χ2n) is 6.31. The summed E-state index contributed by atoms with van der Waals surface area (Å²) in [7, 11) is 3.01. The Labute approximate surface area is 154 Å². The summed E-state index contributed by atoms with van der Waals surface area (Å²) in [5, 5.41) is 4.50. The molecule has 0 radical (unpaired) electrons. The van der Waals surface area contributed by atoms with Crippen LogP contribution in [-0.2, 0) is 9.59 Å². The Morgan fingerprint density at radius 3 is 2.67 bits per heavy atom. The summed E-state index contributed by atoms with van der Waals surface area (Å²) in [6.45, 7) is -0.385. The molecule has 27 heavy (non-hydrogen) atoms. The number of fused-ring (bicyclic) bond motifs is 3. The highest BCUT2D eigenvalue weighted by Gasteiger charge is 2.34. The zero-order chi connectivity index (χ0) is 19.1. The number of furan rings is 1. The van der Waals surface area contributed by atoms with Crippen molar-refractivity contribution in [2.24, 2.45) is 0 Å². The molecule has 0 atom stereocenters. The molecule has 1 N–H and O–H groups in total. The van der Waals surface area contributed by atoms with Crippen LogP contribution >= 0.6 is 0 Å². The number of ether oxygens (including phenoxy) is 1. The van der Waals surface area contributed by atoms with Crippen LogP contribution in [0.3, 0.4) is 0 Å². The number of carbonyl (C=O) groups is 3. The number of anilines is 1. The third-order valence-electron chi connectivity index (χ3n) is 4.51. The van der Waals surface area contributed by atoms with Crippen molar-refractivity contribution in [3.8, 4) is 5.75 Å². The zero-order valence-corrected chi connectivity index (χ0v) is 14.8. The molecule has 138 valence electrons. The number of nitrogens with zero attached hydrogens (tertiary/aromatic N) is 2. The molecule has 0 aliphatic carbocycles. The summed E-state index contributed by atoms with van der Waals surface area (Å²) in [5.41, 5.74) is 1.73. The third kappa shape index (κ3) is 2.84. The highest BCUT2D eigenvalue weighted by Crippen LogP contribution is 2.36. The standard InChI is InChI=1S/C19H17N3O5/c1-21-10-18(24)22(19(21)25)9-17(23)20-13-8-15-12(7-16(13)26-2)11-5-3-4-6-14(11)27-15/h3-8H,9-10H2,1-2H3,(H,20,23). The molecule has 0 bridgehead atoms. The molecule has 1 aromatic heterocycles. The second-order valence-corrected chi connectivity index (χ2v) is 6.31. The van der Waals surface area contributed by atoms with E-state index in [1.54, 1.807) is 12.1 Å². The minimum atomic E-state index is -0.499. The number of methoxy groups -OCH3 is 1. The number of likely N-dealkylation sites (N-methyl/N-ethyl adjacent to an activating group) is 1. The van der Waals surface area contributed by atoms with Crippen molar-refractivity contribution in [2.45, 2.75) is 0 Å². The fourth-order valence-electron chi connectivity index (χ4n) is 3.18. The second kappa shape index (κ2) is 6.31. The molecule has 4 rings (SSSR count). The third-order valence-corrected chi connectivity index (χ3v) is 4.51. The molecule has 1 fully saturated rings. The largest absolute Gasteiger partial charge is 0.495 e. The highest BCUT2D eigenvalue weighted by molar-refractivity contribution is 6.09. The summed E-state index contributed by atoms with van der Waals surface area (Å²) in [6.07, 6.45) is 0. The predicted octanol–water partition coefficient (Wildman–Crippen LogP) is 2.43. The summed E-state index contributed by atoms with van der Waals surface area (Å²) in [5.74, 6) is -0.447. The molecular formula is C19H17N3O5. The molecule has 3 aromatic rings. The maximum atomic E-state index is 12.4.